The number of nitrogens with zero attached hydrogens (tertiary/aromatic N) is 2. The number of carbonyl (C=O) groups excluding carboxylic acids is 1. The smallest absolute Gasteiger partial charge is 0.356 e. The van der Waals surface area contributed by atoms with E-state index in [1.807, 2.05) is 0 Å². The van der Waals surface area contributed by atoms with Gasteiger partial charge in [0, 0.05) is 12.1 Å². The lowest BCUT2D eigenvalue weighted by Gasteiger charge is -2.24. The third-order valence-corrected chi connectivity index (χ3v) is 2.95. The van der Waals surface area contributed by atoms with Gasteiger partial charge in [-0.3, -0.25) is 0 Å². The molecule has 0 aromatic carbocycles. The van der Waals surface area contributed by atoms with E-state index in [4.69, 9.17) is 11.6 Å². The lowest BCUT2D eigenvalue weighted by Crippen LogP contribution is -2.35. The van der Waals surface area contributed by atoms with Gasteiger partial charge in [0.1, 0.15) is 5.82 Å². The van der Waals surface area contributed by atoms with Gasteiger partial charge in [0.15, 0.2) is 5.69 Å². The van der Waals surface area contributed by atoms with Crippen molar-refractivity contribution in [2.75, 3.05) is 25.5 Å². The van der Waals surface area contributed by atoms with Crippen molar-refractivity contribution in [1.82, 2.24) is 15.3 Å². The Hall–Kier alpha value is -1.11. The number of hydrogen-bond acceptors (Lipinski definition) is 6. The van der Waals surface area contributed by atoms with Gasteiger partial charge in [-0.25, -0.2) is 14.8 Å². The number of anilines is 1. The van der Waals surface area contributed by atoms with E-state index in [1.54, 1.807) is 6.07 Å². The summed E-state index contributed by atoms with van der Waals surface area (Å²) in [5, 5.41) is 6.57. The first-order chi connectivity index (χ1) is 8.69. The number of piperidine rings is 1. The summed E-state index contributed by atoms with van der Waals surface area (Å²) in [6.45, 7) is 1.95. The fourth-order valence-electron chi connectivity index (χ4n) is 1.88. The van der Waals surface area contributed by atoms with Crippen LogP contribution in [0.5, 0.6) is 0 Å². The van der Waals surface area contributed by atoms with Gasteiger partial charge in [-0.2, -0.15) is 0 Å². The van der Waals surface area contributed by atoms with Crippen molar-refractivity contribution in [3.63, 3.8) is 0 Å². The third kappa shape index (κ3) is 4.49. The van der Waals surface area contributed by atoms with Gasteiger partial charge < -0.3 is 15.4 Å². The summed E-state index contributed by atoms with van der Waals surface area (Å²) >= 11 is 5.79. The van der Waals surface area contributed by atoms with Crippen LogP contribution in [0.25, 0.3) is 0 Å². The van der Waals surface area contributed by atoms with E-state index in [9.17, 15) is 4.79 Å². The van der Waals surface area contributed by atoms with Crippen molar-refractivity contribution in [2.24, 2.45) is 0 Å². The maximum Gasteiger partial charge on any atom is 0.356 e. The molecule has 0 atom stereocenters. The lowest BCUT2D eigenvalue weighted by molar-refractivity contribution is 0.0594. The fourth-order valence-corrected chi connectivity index (χ4v) is 2.06. The molecule has 8 heteroatoms. The minimum absolute atomic E-state index is 0. The fraction of sp³-hybridized carbons (Fsp3) is 0.545. The monoisotopic (exact) mass is 306 g/mol. The highest BCUT2D eigenvalue weighted by Crippen LogP contribution is 2.15. The van der Waals surface area contributed by atoms with Crippen molar-refractivity contribution < 1.29 is 9.53 Å². The van der Waals surface area contributed by atoms with Crippen molar-refractivity contribution >= 4 is 35.8 Å². The van der Waals surface area contributed by atoms with Crippen LogP contribution in [0.2, 0.25) is 5.28 Å². The summed E-state index contributed by atoms with van der Waals surface area (Å²) in [5.74, 6) is 0.0370. The molecule has 0 spiro atoms. The van der Waals surface area contributed by atoms with E-state index in [0.717, 1.165) is 25.9 Å². The molecule has 0 unspecified atom stereocenters. The Labute approximate surface area is 122 Å². The molecular formula is C11H16Cl2N4O2. The largest absolute Gasteiger partial charge is 0.464 e. The van der Waals surface area contributed by atoms with Crippen molar-refractivity contribution in [3.8, 4) is 0 Å². The van der Waals surface area contributed by atoms with Crippen molar-refractivity contribution in [1.29, 1.82) is 0 Å². The number of methoxy groups -OCH3 is 1. The minimum atomic E-state index is -0.521. The first-order valence-electron chi connectivity index (χ1n) is 5.79. The zero-order valence-electron chi connectivity index (χ0n) is 10.5. The number of carbonyl (C=O) groups is 1. The average Bonchev–Trinajstić information content (AvgIpc) is 2.38. The zero-order chi connectivity index (χ0) is 13.0. The second-order valence-electron chi connectivity index (χ2n) is 4.07. The average molecular weight is 307 g/mol. The molecule has 19 heavy (non-hydrogen) atoms. The number of ether oxygens (including phenoxy) is 1. The van der Waals surface area contributed by atoms with Crippen LogP contribution in [0, 0.1) is 0 Å². The molecular weight excluding hydrogens is 291 g/mol. The van der Waals surface area contributed by atoms with Gasteiger partial charge in [0.2, 0.25) is 5.28 Å². The van der Waals surface area contributed by atoms with Gasteiger partial charge in [0.25, 0.3) is 0 Å². The molecule has 1 saturated heterocycles. The number of hydrogen-bond donors (Lipinski definition) is 2. The molecule has 0 aliphatic carbocycles. The normalized spacial score (nSPS) is 15.5. The summed E-state index contributed by atoms with van der Waals surface area (Å²) in [4.78, 5) is 19.3. The van der Waals surface area contributed by atoms with E-state index in [2.05, 4.69) is 25.3 Å². The highest BCUT2D eigenvalue weighted by Gasteiger charge is 2.16. The first kappa shape index (κ1) is 15.9. The first-order valence-corrected chi connectivity index (χ1v) is 6.17. The quantitative estimate of drug-likeness (QED) is 0.651. The zero-order valence-corrected chi connectivity index (χ0v) is 12.1. The Morgan fingerprint density at radius 1 is 1.47 bits per heavy atom. The highest BCUT2D eigenvalue weighted by molar-refractivity contribution is 6.28. The van der Waals surface area contributed by atoms with Crippen LogP contribution >= 0.6 is 24.0 Å². The Bertz CT molecular complexity index is 439. The van der Waals surface area contributed by atoms with Crippen molar-refractivity contribution in [3.05, 3.63) is 17.0 Å². The molecule has 2 heterocycles. The topological polar surface area (TPSA) is 76.1 Å². The number of esters is 1. The third-order valence-electron chi connectivity index (χ3n) is 2.78. The van der Waals surface area contributed by atoms with Crippen LogP contribution in [0.1, 0.15) is 23.3 Å². The SMILES string of the molecule is COC(=O)c1cc(NC2CCNCC2)nc(Cl)n1.Cl. The van der Waals surface area contributed by atoms with Crippen LogP contribution in [-0.2, 0) is 4.74 Å². The summed E-state index contributed by atoms with van der Waals surface area (Å²) in [6.07, 6.45) is 2.02. The summed E-state index contributed by atoms with van der Waals surface area (Å²) in [6, 6.07) is 1.89. The molecule has 2 N–H and O–H groups in total. The maximum atomic E-state index is 11.4. The maximum absolute atomic E-state index is 11.4. The summed E-state index contributed by atoms with van der Waals surface area (Å²) in [7, 11) is 1.30. The second kappa shape index (κ2) is 7.47. The van der Waals surface area contributed by atoms with E-state index in [0.29, 0.717) is 11.9 Å². The minimum Gasteiger partial charge on any atom is -0.464 e. The second-order valence-corrected chi connectivity index (χ2v) is 4.41. The number of halogens is 2. The van der Waals surface area contributed by atoms with Gasteiger partial charge in [-0.05, 0) is 37.5 Å². The van der Waals surface area contributed by atoms with Gasteiger partial charge in [-0.1, -0.05) is 0 Å². The standard InChI is InChI=1S/C11H15ClN4O2.ClH/c1-18-10(17)8-6-9(16-11(12)15-8)14-7-2-4-13-5-3-7;/h6-7,13H,2-5H2,1H3,(H,14,15,16);1H. The number of aromatic nitrogens is 2. The van der Waals surface area contributed by atoms with Crippen LogP contribution in [0.3, 0.4) is 0 Å². The van der Waals surface area contributed by atoms with Crippen LogP contribution in [0.15, 0.2) is 6.07 Å². The van der Waals surface area contributed by atoms with Gasteiger partial charge >= 0.3 is 5.97 Å². The molecule has 0 amide bonds. The Morgan fingerprint density at radius 3 is 2.79 bits per heavy atom. The summed E-state index contributed by atoms with van der Waals surface area (Å²) < 4.78 is 4.61. The lowest BCUT2D eigenvalue weighted by atomic mass is 10.1. The molecule has 1 aliphatic rings. The highest BCUT2D eigenvalue weighted by atomic mass is 35.5. The summed E-state index contributed by atoms with van der Waals surface area (Å²) in [5.41, 5.74) is 0.161. The molecule has 1 aromatic heterocycles. The van der Waals surface area contributed by atoms with E-state index >= 15 is 0 Å². The van der Waals surface area contributed by atoms with Gasteiger partial charge in [0.05, 0.1) is 7.11 Å². The number of rotatable bonds is 3. The Kier molecular flexibility index (Phi) is 6.27. The van der Waals surface area contributed by atoms with Crippen LogP contribution in [-0.4, -0.2) is 42.2 Å². The molecule has 0 radical (unpaired) electrons. The van der Waals surface area contributed by atoms with Crippen molar-refractivity contribution in [2.45, 2.75) is 18.9 Å². The molecule has 2 rings (SSSR count). The Morgan fingerprint density at radius 2 is 2.16 bits per heavy atom. The van der Waals surface area contributed by atoms with E-state index < -0.39 is 5.97 Å². The van der Waals surface area contributed by atoms with Crippen LogP contribution < -0.4 is 10.6 Å². The molecule has 1 fully saturated rings. The number of nitrogens with one attached hydrogen (secondary N) is 2. The molecule has 1 aromatic rings. The van der Waals surface area contributed by atoms with Crippen LogP contribution in [0.4, 0.5) is 5.82 Å². The molecule has 0 bridgehead atoms. The van der Waals surface area contributed by atoms with Gasteiger partial charge in [-0.15, -0.1) is 12.4 Å². The molecule has 1 aliphatic heterocycles. The Balaban J connectivity index is 0.00000180. The predicted octanol–water partition coefficient (Wildman–Crippen LogP) is 1.50. The molecule has 106 valence electrons. The predicted molar refractivity (Wildman–Crippen MR) is 75.1 cm³/mol. The van der Waals surface area contributed by atoms with E-state index in [1.165, 1.54) is 7.11 Å². The molecule has 0 saturated carbocycles. The van der Waals surface area contributed by atoms with E-state index in [-0.39, 0.29) is 23.4 Å². The molecule has 6 nitrogen and oxygen atoms in total.